The van der Waals surface area contributed by atoms with E-state index in [4.69, 9.17) is 4.74 Å². The third-order valence-electron chi connectivity index (χ3n) is 2.19. The molecule has 7 nitrogen and oxygen atoms in total. The fourth-order valence-electron chi connectivity index (χ4n) is 1.36. The summed E-state index contributed by atoms with van der Waals surface area (Å²) < 4.78 is 14.0. The van der Waals surface area contributed by atoms with Crippen LogP contribution in [0.15, 0.2) is 0 Å². The van der Waals surface area contributed by atoms with Gasteiger partial charge in [0.2, 0.25) is 0 Å². The summed E-state index contributed by atoms with van der Waals surface area (Å²) in [6.45, 7) is 5.03. The van der Waals surface area contributed by atoms with Crippen LogP contribution in [0.3, 0.4) is 0 Å². The van der Waals surface area contributed by atoms with E-state index in [1.807, 2.05) is 0 Å². The van der Waals surface area contributed by atoms with Crippen molar-refractivity contribution in [3.05, 3.63) is 0 Å². The largest absolute Gasteiger partial charge is 0.466 e. The van der Waals surface area contributed by atoms with Gasteiger partial charge in [-0.1, -0.05) is 0 Å². The van der Waals surface area contributed by atoms with E-state index in [0.29, 0.717) is 0 Å². The van der Waals surface area contributed by atoms with Gasteiger partial charge >= 0.3 is 17.9 Å². The smallest absolute Gasteiger partial charge is 0.335 e. The molecule has 0 rings (SSSR count). The van der Waals surface area contributed by atoms with E-state index < -0.39 is 36.4 Å². The number of aliphatic hydroxyl groups is 1. The van der Waals surface area contributed by atoms with Crippen LogP contribution in [0.5, 0.6) is 0 Å². The molecule has 19 heavy (non-hydrogen) atoms. The summed E-state index contributed by atoms with van der Waals surface area (Å²) in [4.78, 5) is 34.4. The van der Waals surface area contributed by atoms with Gasteiger partial charge in [0.15, 0.2) is 6.10 Å². The van der Waals surface area contributed by atoms with Crippen molar-refractivity contribution in [3.8, 4) is 0 Å². The number of rotatable bonds is 8. The molecule has 0 saturated carbocycles. The quantitative estimate of drug-likeness (QED) is 0.493. The molecule has 0 amide bonds. The maximum absolute atomic E-state index is 11.6. The van der Waals surface area contributed by atoms with Gasteiger partial charge in [-0.15, -0.1) is 0 Å². The fraction of sp³-hybridized carbons (Fsp3) is 0.750. The highest BCUT2D eigenvalue weighted by molar-refractivity contribution is 5.87. The molecule has 0 aromatic rings. The Kier molecular flexibility index (Phi) is 8.52. The molecule has 0 aromatic heterocycles. The Morgan fingerprint density at radius 1 is 0.895 bits per heavy atom. The summed E-state index contributed by atoms with van der Waals surface area (Å²) in [7, 11) is 0. The van der Waals surface area contributed by atoms with Gasteiger partial charge in [-0.25, -0.2) is 4.79 Å². The lowest BCUT2D eigenvalue weighted by Crippen LogP contribution is -2.38. The van der Waals surface area contributed by atoms with E-state index in [-0.39, 0.29) is 19.8 Å². The summed E-state index contributed by atoms with van der Waals surface area (Å²) in [6.07, 6.45) is -2.18. The molecule has 0 aliphatic heterocycles. The average molecular weight is 276 g/mol. The lowest BCUT2D eigenvalue weighted by molar-refractivity contribution is -0.169. The molecule has 0 aliphatic rings. The summed E-state index contributed by atoms with van der Waals surface area (Å²) >= 11 is 0. The summed E-state index contributed by atoms with van der Waals surface area (Å²) in [5, 5.41) is 9.74. The van der Waals surface area contributed by atoms with Crippen LogP contribution in [-0.4, -0.2) is 48.9 Å². The molecule has 0 spiro atoms. The normalized spacial score (nSPS) is 13.3. The zero-order valence-electron chi connectivity index (χ0n) is 11.4. The molecule has 0 bridgehead atoms. The lowest BCUT2D eigenvalue weighted by Gasteiger charge is -2.19. The number of carbonyl (C=O) groups excluding carboxylic acids is 3. The minimum atomic E-state index is -1.75. The molecule has 0 unspecified atom stereocenters. The Hall–Kier alpha value is -1.63. The third-order valence-corrected chi connectivity index (χ3v) is 2.19. The monoisotopic (exact) mass is 276 g/mol. The van der Waals surface area contributed by atoms with E-state index in [0.717, 1.165) is 0 Å². The van der Waals surface area contributed by atoms with Crippen LogP contribution in [-0.2, 0) is 28.6 Å². The molecule has 0 radical (unpaired) electrons. The van der Waals surface area contributed by atoms with Crippen LogP contribution in [0, 0.1) is 5.92 Å². The second-order valence-electron chi connectivity index (χ2n) is 3.56. The minimum absolute atomic E-state index is 0.0604. The summed E-state index contributed by atoms with van der Waals surface area (Å²) in [5.74, 6) is -3.82. The van der Waals surface area contributed by atoms with Crippen molar-refractivity contribution in [1.82, 2.24) is 0 Å². The van der Waals surface area contributed by atoms with Gasteiger partial charge in [0, 0.05) is 0 Å². The SMILES string of the molecule is CCOC(=O)C[C@@H](C(=O)OCC)[C@@H](O)C(=O)OCC. The van der Waals surface area contributed by atoms with Gasteiger partial charge in [-0.2, -0.15) is 0 Å². The Balaban J connectivity index is 4.79. The number of aliphatic hydroxyl groups excluding tert-OH is 1. The first-order valence-corrected chi connectivity index (χ1v) is 6.14. The Morgan fingerprint density at radius 2 is 1.37 bits per heavy atom. The average Bonchev–Trinajstić information content (AvgIpc) is 2.36. The predicted molar refractivity (Wildman–Crippen MR) is 64.0 cm³/mol. The van der Waals surface area contributed by atoms with Crippen LogP contribution >= 0.6 is 0 Å². The van der Waals surface area contributed by atoms with Gasteiger partial charge in [0.1, 0.15) is 5.92 Å². The van der Waals surface area contributed by atoms with Gasteiger partial charge in [0.05, 0.1) is 26.2 Å². The molecular weight excluding hydrogens is 256 g/mol. The maximum Gasteiger partial charge on any atom is 0.335 e. The Bertz CT molecular complexity index is 313. The zero-order chi connectivity index (χ0) is 14.8. The molecule has 0 heterocycles. The molecule has 0 aromatic carbocycles. The number of carbonyl (C=O) groups is 3. The summed E-state index contributed by atoms with van der Waals surface area (Å²) in [5.41, 5.74) is 0. The van der Waals surface area contributed by atoms with E-state index in [9.17, 15) is 19.5 Å². The second-order valence-corrected chi connectivity index (χ2v) is 3.56. The Labute approximate surface area is 111 Å². The predicted octanol–water partition coefficient (Wildman–Crippen LogP) is 0.0429. The minimum Gasteiger partial charge on any atom is -0.466 e. The van der Waals surface area contributed by atoms with E-state index >= 15 is 0 Å². The molecule has 2 atom stereocenters. The molecule has 7 heteroatoms. The van der Waals surface area contributed by atoms with E-state index in [2.05, 4.69) is 9.47 Å². The lowest BCUT2D eigenvalue weighted by atomic mass is 9.98. The van der Waals surface area contributed by atoms with Crippen LogP contribution in [0.1, 0.15) is 27.2 Å². The number of hydrogen-bond acceptors (Lipinski definition) is 7. The standard InChI is InChI=1S/C12H20O7/c1-4-17-9(13)7-8(11(15)18-5-2)10(14)12(16)19-6-3/h8,10,14H,4-7H2,1-3H3/t8-,10-/m1/s1. The highest BCUT2D eigenvalue weighted by Gasteiger charge is 2.36. The van der Waals surface area contributed by atoms with Crippen molar-refractivity contribution >= 4 is 17.9 Å². The van der Waals surface area contributed by atoms with Crippen molar-refractivity contribution in [3.63, 3.8) is 0 Å². The molecular formula is C12H20O7. The second kappa shape index (κ2) is 9.32. The van der Waals surface area contributed by atoms with Gasteiger partial charge in [0.25, 0.3) is 0 Å². The number of esters is 3. The van der Waals surface area contributed by atoms with Crippen LogP contribution in [0.4, 0.5) is 0 Å². The fourth-order valence-corrected chi connectivity index (χ4v) is 1.36. The molecule has 0 saturated heterocycles. The molecule has 0 fully saturated rings. The number of ether oxygens (including phenoxy) is 3. The topological polar surface area (TPSA) is 99.1 Å². The van der Waals surface area contributed by atoms with Crippen LogP contribution in [0.2, 0.25) is 0 Å². The van der Waals surface area contributed by atoms with Gasteiger partial charge in [-0.05, 0) is 20.8 Å². The van der Waals surface area contributed by atoms with Crippen LogP contribution < -0.4 is 0 Å². The zero-order valence-corrected chi connectivity index (χ0v) is 11.4. The first-order chi connectivity index (χ1) is 8.97. The molecule has 1 N–H and O–H groups in total. The van der Waals surface area contributed by atoms with Crippen molar-refractivity contribution in [1.29, 1.82) is 0 Å². The van der Waals surface area contributed by atoms with Crippen LogP contribution in [0.25, 0.3) is 0 Å². The molecule has 0 aliphatic carbocycles. The first-order valence-electron chi connectivity index (χ1n) is 6.14. The third kappa shape index (κ3) is 6.19. The van der Waals surface area contributed by atoms with Crippen molar-refractivity contribution in [2.75, 3.05) is 19.8 Å². The Morgan fingerprint density at radius 3 is 1.84 bits per heavy atom. The van der Waals surface area contributed by atoms with E-state index in [1.165, 1.54) is 0 Å². The highest BCUT2D eigenvalue weighted by atomic mass is 16.6. The van der Waals surface area contributed by atoms with Gasteiger partial charge in [-0.3, -0.25) is 9.59 Å². The number of hydrogen-bond donors (Lipinski definition) is 1. The first kappa shape index (κ1) is 17.4. The van der Waals surface area contributed by atoms with Crippen molar-refractivity contribution in [2.45, 2.75) is 33.3 Å². The van der Waals surface area contributed by atoms with Crippen molar-refractivity contribution in [2.24, 2.45) is 5.92 Å². The van der Waals surface area contributed by atoms with Gasteiger partial charge < -0.3 is 19.3 Å². The molecule has 110 valence electrons. The summed E-state index contributed by atoms with van der Waals surface area (Å²) in [6, 6.07) is 0. The van der Waals surface area contributed by atoms with Crippen molar-refractivity contribution < 1.29 is 33.7 Å². The van der Waals surface area contributed by atoms with E-state index in [1.54, 1.807) is 20.8 Å². The maximum atomic E-state index is 11.6. The highest BCUT2D eigenvalue weighted by Crippen LogP contribution is 2.14.